The van der Waals surface area contributed by atoms with Crippen LogP contribution in [0.2, 0.25) is 0 Å². The molecule has 0 fully saturated rings. The molecule has 0 aromatic heterocycles. The van der Waals surface area contributed by atoms with Gasteiger partial charge in [-0.1, -0.05) is 6.92 Å². The number of nitrogens with zero attached hydrogens (tertiary/aromatic N) is 1. The van der Waals surface area contributed by atoms with Gasteiger partial charge in [0.05, 0.1) is 0 Å². The van der Waals surface area contributed by atoms with Gasteiger partial charge in [0.15, 0.2) is 0 Å². The van der Waals surface area contributed by atoms with E-state index in [2.05, 4.69) is 37.8 Å². The van der Waals surface area contributed by atoms with Crippen molar-refractivity contribution < 1.29 is 0 Å². The van der Waals surface area contributed by atoms with E-state index in [1.165, 1.54) is 24.1 Å². The maximum absolute atomic E-state index is 5.85. The second-order valence-electron chi connectivity index (χ2n) is 5.35. The molecule has 2 heteroatoms. The van der Waals surface area contributed by atoms with Gasteiger partial charge in [-0.15, -0.1) is 0 Å². The number of hydrogen-bond acceptors (Lipinski definition) is 2. The van der Waals surface area contributed by atoms with E-state index in [4.69, 9.17) is 5.73 Å². The molecule has 88 valence electrons. The molecule has 1 aromatic rings. The lowest BCUT2D eigenvalue weighted by atomic mass is 9.86. The number of hydrogen-bond donors (Lipinski definition) is 1. The molecule has 0 unspecified atom stereocenters. The van der Waals surface area contributed by atoms with Crippen molar-refractivity contribution in [2.75, 3.05) is 17.2 Å². The summed E-state index contributed by atoms with van der Waals surface area (Å²) in [7, 11) is 0. The summed E-state index contributed by atoms with van der Waals surface area (Å²) in [6, 6.07) is 6.33. The lowest BCUT2D eigenvalue weighted by Gasteiger charge is -2.45. The first kappa shape index (κ1) is 11.3. The third-order valence-electron chi connectivity index (χ3n) is 3.58. The van der Waals surface area contributed by atoms with E-state index < -0.39 is 0 Å². The van der Waals surface area contributed by atoms with Crippen molar-refractivity contribution in [2.24, 2.45) is 0 Å². The highest BCUT2D eigenvalue weighted by Gasteiger charge is 2.31. The summed E-state index contributed by atoms with van der Waals surface area (Å²) in [5.41, 5.74) is 9.80. The second-order valence-corrected chi connectivity index (χ2v) is 5.35. The van der Waals surface area contributed by atoms with Gasteiger partial charge in [-0.05, 0) is 56.9 Å². The zero-order valence-corrected chi connectivity index (χ0v) is 10.6. The molecule has 2 nitrogen and oxygen atoms in total. The van der Waals surface area contributed by atoms with E-state index in [1.54, 1.807) is 0 Å². The smallest absolute Gasteiger partial charge is 0.0404 e. The zero-order valence-electron chi connectivity index (χ0n) is 10.6. The van der Waals surface area contributed by atoms with Crippen LogP contribution in [0.4, 0.5) is 11.4 Å². The van der Waals surface area contributed by atoms with Gasteiger partial charge in [0.1, 0.15) is 0 Å². The summed E-state index contributed by atoms with van der Waals surface area (Å²) in [6.07, 6.45) is 3.55. The van der Waals surface area contributed by atoms with Gasteiger partial charge < -0.3 is 10.6 Å². The minimum atomic E-state index is 0.277. The molecule has 0 atom stereocenters. The summed E-state index contributed by atoms with van der Waals surface area (Å²) < 4.78 is 0. The van der Waals surface area contributed by atoms with Crippen LogP contribution in [0.1, 0.15) is 39.2 Å². The molecule has 0 spiro atoms. The Hall–Kier alpha value is -1.18. The molecule has 0 aliphatic carbocycles. The van der Waals surface area contributed by atoms with Crippen molar-refractivity contribution >= 4 is 11.4 Å². The fourth-order valence-corrected chi connectivity index (χ4v) is 2.62. The largest absolute Gasteiger partial charge is 0.399 e. The topological polar surface area (TPSA) is 29.3 Å². The number of nitrogens with two attached hydrogens (primary N) is 1. The quantitative estimate of drug-likeness (QED) is 0.772. The van der Waals surface area contributed by atoms with Crippen LogP contribution in [0.15, 0.2) is 18.2 Å². The van der Waals surface area contributed by atoms with Gasteiger partial charge in [-0.25, -0.2) is 0 Å². The molecule has 2 rings (SSSR count). The van der Waals surface area contributed by atoms with Gasteiger partial charge in [0.25, 0.3) is 0 Å². The van der Waals surface area contributed by atoms with E-state index in [0.717, 1.165) is 18.7 Å². The minimum Gasteiger partial charge on any atom is -0.399 e. The van der Waals surface area contributed by atoms with Gasteiger partial charge in [0, 0.05) is 23.5 Å². The lowest BCUT2D eigenvalue weighted by Crippen LogP contribution is -2.47. The zero-order chi connectivity index (χ0) is 11.8. The highest BCUT2D eigenvalue weighted by molar-refractivity contribution is 5.62. The van der Waals surface area contributed by atoms with Crippen molar-refractivity contribution in [1.29, 1.82) is 0 Å². The monoisotopic (exact) mass is 218 g/mol. The van der Waals surface area contributed by atoms with Crippen LogP contribution in [-0.2, 0) is 6.42 Å². The molecule has 1 heterocycles. The van der Waals surface area contributed by atoms with E-state index >= 15 is 0 Å². The summed E-state index contributed by atoms with van der Waals surface area (Å²) in [4.78, 5) is 2.53. The molecule has 0 saturated carbocycles. The molecule has 1 aliphatic heterocycles. The van der Waals surface area contributed by atoms with Crippen molar-refractivity contribution in [1.82, 2.24) is 0 Å². The van der Waals surface area contributed by atoms with Crippen LogP contribution < -0.4 is 10.6 Å². The Bertz CT molecular complexity index is 382. The van der Waals surface area contributed by atoms with Crippen molar-refractivity contribution in [3.8, 4) is 0 Å². The maximum Gasteiger partial charge on any atom is 0.0404 e. The van der Waals surface area contributed by atoms with Gasteiger partial charge in [0.2, 0.25) is 0 Å². The predicted molar refractivity (Wildman–Crippen MR) is 70.9 cm³/mol. The Labute approximate surface area is 98.4 Å². The fraction of sp³-hybridized carbons (Fsp3) is 0.571. The standard InChI is InChI=1S/C14H22N2/c1-4-9-16-13-6-5-12(15)10-11(13)7-8-14(16,2)3/h5-6,10H,4,7-9,15H2,1-3H3. The fourth-order valence-electron chi connectivity index (χ4n) is 2.62. The summed E-state index contributed by atoms with van der Waals surface area (Å²) >= 11 is 0. The normalized spacial score (nSPS) is 18.3. The Kier molecular flexibility index (Phi) is 2.83. The Balaban J connectivity index is 2.41. The van der Waals surface area contributed by atoms with Crippen LogP contribution in [0.25, 0.3) is 0 Å². The number of nitrogen functional groups attached to an aromatic ring is 1. The van der Waals surface area contributed by atoms with Crippen LogP contribution in [0.5, 0.6) is 0 Å². The minimum absolute atomic E-state index is 0.277. The average Bonchev–Trinajstić information content (AvgIpc) is 2.23. The van der Waals surface area contributed by atoms with Crippen LogP contribution in [0.3, 0.4) is 0 Å². The molecule has 0 bridgehead atoms. The molecule has 0 saturated heterocycles. The molecule has 0 radical (unpaired) electrons. The first-order valence-corrected chi connectivity index (χ1v) is 6.20. The van der Waals surface area contributed by atoms with Crippen LogP contribution in [-0.4, -0.2) is 12.1 Å². The number of benzene rings is 1. The summed E-state index contributed by atoms with van der Waals surface area (Å²) in [5.74, 6) is 0. The predicted octanol–water partition coefficient (Wildman–Crippen LogP) is 3.21. The number of fused-ring (bicyclic) bond motifs is 1. The summed E-state index contributed by atoms with van der Waals surface area (Å²) in [5, 5.41) is 0. The van der Waals surface area contributed by atoms with Gasteiger partial charge in [-0.3, -0.25) is 0 Å². The van der Waals surface area contributed by atoms with Crippen LogP contribution >= 0.6 is 0 Å². The third-order valence-corrected chi connectivity index (χ3v) is 3.58. The Morgan fingerprint density at radius 2 is 2.12 bits per heavy atom. The molecule has 1 aliphatic rings. The molecule has 16 heavy (non-hydrogen) atoms. The van der Waals surface area contributed by atoms with Crippen molar-refractivity contribution in [3.05, 3.63) is 23.8 Å². The number of rotatable bonds is 2. The third kappa shape index (κ3) is 1.89. The molecular weight excluding hydrogens is 196 g/mol. The molecular formula is C14H22N2. The molecule has 0 amide bonds. The van der Waals surface area contributed by atoms with Crippen molar-refractivity contribution in [3.63, 3.8) is 0 Å². The van der Waals surface area contributed by atoms with Gasteiger partial charge >= 0.3 is 0 Å². The first-order valence-electron chi connectivity index (χ1n) is 6.20. The Morgan fingerprint density at radius 3 is 2.81 bits per heavy atom. The summed E-state index contributed by atoms with van der Waals surface area (Å²) in [6.45, 7) is 8.04. The van der Waals surface area contributed by atoms with Gasteiger partial charge in [-0.2, -0.15) is 0 Å². The van der Waals surface area contributed by atoms with Crippen molar-refractivity contribution in [2.45, 2.75) is 45.6 Å². The number of anilines is 2. The van der Waals surface area contributed by atoms with Crippen LogP contribution in [0, 0.1) is 0 Å². The highest BCUT2D eigenvalue weighted by atomic mass is 15.2. The second kappa shape index (κ2) is 4.00. The average molecular weight is 218 g/mol. The van der Waals surface area contributed by atoms with E-state index in [-0.39, 0.29) is 5.54 Å². The first-order chi connectivity index (χ1) is 7.54. The highest BCUT2D eigenvalue weighted by Crippen LogP contribution is 2.37. The van der Waals surface area contributed by atoms with E-state index in [9.17, 15) is 0 Å². The lowest BCUT2D eigenvalue weighted by molar-refractivity contribution is 0.408. The van der Waals surface area contributed by atoms with E-state index in [1.807, 2.05) is 6.07 Å². The Morgan fingerprint density at radius 1 is 1.38 bits per heavy atom. The maximum atomic E-state index is 5.85. The molecule has 1 aromatic carbocycles. The SMILES string of the molecule is CCCN1c2ccc(N)cc2CCC1(C)C. The van der Waals surface area contributed by atoms with E-state index in [0.29, 0.717) is 0 Å². The molecule has 2 N–H and O–H groups in total. The number of aryl methyl sites for hydroxylation is 1.